The van der Waals surface area contributed by atoms with Crippen LogP contribution in [0, 0.1) is 11.6 Å². The molecule has 0 saturated carbocycles. The van der Waals surface area contributed by atoms with E-state index in [2.05, 4.69) is 10.3 Å². The quantitative estimate of drug-likeness (QED) is 0.883. The van der Waals surface area contributed by atoms with Crippen LogP contribution in [-0.2, 0) is 13.1 Å². The highest BCUT2D eigenvalue weighted by molar-refractivity contribution is 5.19. The summed E-state index contributed by atoms with van der Waals surface area (Å²) in [6.45, 7) is 3.73. The van der Waals surface area contributed by atoms with E-state index in [1.165, 1.54) is 6.07 Å². The Balaban J connectivity index is 2.18. The molecule has 1 aromatic heterocycles. The molecule has 18 heavy (non-hydrogen) atoms. The lowest BCUT2D eigenvalue weighted by atomic mass is 10.2. The Morgan fingerprint density at radius 3 is 2.94 bits per heavy atom. The van der Waals surface area contributed by atoms with Crippen LogP contribution in [0.1, 0.15) is 18.3 Å². The molecule has 0 bridgehead atoms. The maximum Gasteiger partial charge on any atom is 0.163 e. The lowest BCUT2D eigenvalue weighted by Gasteiger charge is -2.09. The second-order valence-corrected chi connectivity index (χ2v) is 3.96. The van der Waals surface area contributed by atoms with E-state index in [-0.39, 0.29) is 6.54 Å². The van der Waals surface area contributed by atoms with Crippen molar-refractivity contribution in [2.75, 3.05) is 6.54 Å². The summed E-state index contributed by atoms with van der Waals surface area (Å²) in [5.74, 6) is -0.804. The van der Waals surface area contributed by atoms with Gasteiger partial charge >= 0.3 is 0 Å². The van der Waals surface area contributed by atoms with E-state index < -0.39 is 11.6 Å². The van der Waals surface area contributed by atoms with Crippen LogP contribution in [-0.4, -0.2) is 16.1 Å². The summed E-state index contributed by atoms with van der Waals surface area (Å²) in [6, 6.07) is 4.20. The molecule has 0 aliphatic carbocycles. The largest absolute Gasteiger partial charge is 0.329 e. The molecule has 96 valence electrons. The predicted octanol–water partition coefficient (Wildman–Crippen LogP) is 2.32. The number of imidazole rings is 1. The standard InChI is InChI=1S/C13H15F2N3/c1-2-16-8-12-17-6-7-18(12)9-10-4-3-5-11(14)13(10)15/h3-7,16H,2,8-9H2,1H3. The predicted molar refractivity (Wildman–Crippen MR) is 65.1 cm³/mol. The molecule has 2 aromatic rings. The van der Waals surface area contributed by atoms with Gasteiger partial charge in [-0.3, -0.25) is 0 Å². The number of nitrogens with one attached hydrogen (secondary N) is 1. The monoisotopic (exact) mass is 251 g/mol. The summed E-state index contributed by atoms with van der Waals surface area (Å²) in [4.78, 5) is 4.19. The second kappa shape index (κ2) is 5.73. The van der Waals surface area contributed by atoms with Gasteiger partial charge in [0.05, 0.1) is 13.1 Å². The molecule has 0 aliphatic rings. The van der Waals surface area contributed by atoms with Crippen LogP contribution in [0.25, 0.3) is 0 Å². The molecule has 0 radical (unpaired) electrons. The van der Waals surface area contributed by atoms with Crippen molar-refractivity contribution in [1.29, 1.82) is 0 Å². The molecule has 2 rings (SSSR count). The molecular weight excluding hydrogens is 236 g/mol. The molecule has 1 aromatic carbocycles. The van der Waals surface area contributed by atoms with E-state index in [9.17, 15) is 8.78 Å². The summed E-state index contributed by atoms with van der Waals surface area (Å²) >= 11 is 0. The number of halogens is 2. The Kier molecular flexibility index (Phi) is 4.04. The molecule has 0 unspecified atom stereocenters. The summed E-state index contributed by atoms with van der Waals surface area (Å²) in [7, 11) is 0. The van der Waals surface area contributed by atoms with Crippen molar-refractivity contribution in [3.8, 4) is 0 Å². The third-order valence-corrected chi connectivity index (χ3v) is 2.71. The highest BCUT2D eigenvalue weighted by Crippen LogP contribution is 2.13. The molecule has 0 fully saturated rings. The lowest BCUT2D eigenvalue weighted by molar-refractivity contribution is 0.493. The smallest absolute Gasteiger partial charge is 0.163 e. The van der Waals surface area contributed by atoms with Gasteiger partial charge in [-0.1, -0.05) is 19.1 Å². The van der Waals surface area contributed by atoms with Crippen LogP contribution < -0.4 is 5.32 Å². The van der Waals surface area contributed by atoms with Gasteiger partial charge in [-0.15, -0.1) is 0 Å². The molecule has 0 aliphatic heterocycles. The first-order chi connectivity index (χ1) is 8.72. The number of hydrogen-bond acceptors (Lipinski definition) is 2. The van der Waals surface area contributed by atoms with Crippen molar-refractivity contribution in [2.24, 2.45) is 0 Å². The van der Waals surface area contributed by atoms with Gasteiger partial charge in [-0.05, 0) is 12.6 Å². The van der Waals surface area contributed by atoms with E-state index in [0.717, 1.165) is 18.4 Å². The van der Waals surface area contributed by atoms with Gasteiger partial charge in [0.25, 0.3) is 0 Å². The van der Waals surface area contributed by atoms with Gasteiger partial charge in [0.1, 0.15) is 5.82 Å². The number of rotatable bonds is 5. The average molecular weight is 251 g/mol. The first-order valence-electron chi connectivity index (χ1n) is 5.86. The van der Waals surface area contributed by atoms with Crippen molar-refractivity contribution in [2.45, 2.75) is 20.0 Å². The third kappa shape index (κ3) is 2.73. The Hall–Kier alpha value is -1.75. The van der Waals surface area contributed by atoms with Crippen LogP contribution in [0.4, 0.5) is 8.78 Å². The molecule has 0 spiro atoms. The highest BCUT2D eigenvalue weighted by atomic mass is 19.2. The minimum atomic E-state index is -0.819. The fourth-order valence-electron chi connectivity index (χ4n) is 1.74. The fraction of sp³-hybridized carbons (Fsp3) is 0.308. The van der Waals surface area contributed by atoms with Gasteiger partial charge in [0.15, 0.2) is 11.6 Å². The highest BCUT2D eigenvalue weighted by Gasteiger charge is 2.09. The van der Waals surface area contributed by atoms with Crippen LogP contribution >= 0.6 is 0 Å². The van der Waals surface area contributed by atoms with Crippen molar-refractivity contribution < 1.29 is 8.78 Å². The van der Waals surface area contributed by atoms with Gasteiger partial charge in [0.2, 0.25) is 0 Å². The molecule has 5 heteroatoms. The number of nitrogens with zero attached hydrogens (tertiary/aromatic N) is 2. The van der Waals surface area contributed by atoms with Crippen molar-refractivity contribution in [3.05, 3.63) is 53.6 Å². The molecular formula is C13H15F2N3. The zero-order valence-electron chi connectivity index (χ0n) is 10.2. The normalized spacial score (nSPS) is 10.8. The number of hydrogen-bond donors (Lipinski definition) is 1. The van der Waals surface area contributed by atoms with E-state index in [1.54, 1.807) is 23.0 Å². The second-order valence-electron chi connectivity index (χ2n) is 3.96. The van der Waals surface area contributed by atoms with Crippen LogP contribution in [0.3, 0.4) is 0 Å². The van der Waals surface area contributed by atoms with Crippen molar-refractivity contribution >= 4 is 0 Å². The first-order valence-corrected chi connectivity index (χ1v) is 5.86. The number of benzene rings is 1. The topological polar surface area (TPSA) is 29.9 Å². The summed E-state index contributed by atoms with van der Waals surface area (Å²) in [6.07, 6.45) is 3.42. The minimum Gasteiger partial charge on any atom is -0.329 e. The number of aromatic nitrogens is 2. The van der Waals surface area contributed by atoms with Crippen LogP contribution in [0.15, 0.2) is 30.6 Å². The van der Waals surface area contributed by atoms with E-state index in [4.69, 9.17) is 0 Å². The van der Waals surface area contributed by atoms with Crippen LogP contribution in [0.2, 0.25) is 0 Å². The average Bonchev–Trinajstić information content (AvgIpc) is 2.80. The molecule has 0 atom stereocenters. The van der Waals surface area contributed by atoms with Gasteiger partial charge in [-0.25, -0.2) is 13.8 Å². The minimum absolute atomic E-state index is 0.282. The van der Waals surface area contributed by atoms with Gasteiger partial charge in [-0.2, -0.15) is 0 Å². The molecule has 0 saturated heterocycles. The Bertz CT molecular complexity index is 523. The maximum absolute atomic E-state index is 13.6. The van der Waals surface area contributed by atoms with Crippen molar-refractivity contribution in [3.63, 3.8) is 0 Å². The Morgan fingerprint density at radius 2 is 2.17 bits per heavy atom. The molecule has 3 nitrogen and oxygen atoms in total. The summed E-state index contributed by atoms with van der Waals surface area (Å²) < 4.78 is 28.5. The maximum atomic E-state index is 13.6. The van der Waals surface area contributed by atoms with E-state index >= 15 is 0 Å². The zero-order valence-corrected chi connectivity index (χ0v) is 10.2. The van der Waals surface area contributed by atoms with Crippen molar-refractivity contribution in [1.82, 2.24) is 14.9 Å². The van der Waals surface area contributed by atoms with E-state index in [1.807, 2.05) is 6.92 Å². The van der Waals surface area contributed by atoms with Gasteiger partial charge < -0.3 is 9.88 Å². The van der Waals surface area contributed by atoms with Gasteiger partial charge in [0, 0.05) is 18.0 Å². The third-order valence-electron chi connectivity index (χ3n) is 2.71. The Labute approximate surface area is 104 Å². The molecule has 1 heterocycles. The first kappa shape index (κ1) is 12.7. The summed E-state index contributed by atoms with van der Waals surface area (Å²) in [5.41, 5.74) is 0.325. The Morgan fingerprint density at radius 1 is 1.33 bits per heavy atom. The van der Waals surface area contributed by atoms with Crippen LogP contribution in [0.5, 0.6) is 0 Å². The molecule has 0 amide bonds. The SMILES string of the molecule is CCNCc1nccn1Cc1cccc(F)c1F. The molecule has 1 N–H and O–H groups in total. The van der Waals surface area contributed by atoms with E-state index in [0.29, 0.717) is 12.1 Å². The lowest BCUT2D eigenvalue weighted by Crippen LogP contribution is -2.17. The zero-order chi connectivity index (χ0) is 13.0. The fourth-order valence-corrected chi connectivity index (χ4v) is 1.74. The summed E-state index contributed by atoms with van der Waals surface area (Å²) in [5, 5.41) is 3.15.